The van der Waals surface area contributed by atoms with Gasteiger partial charge in [-0.25, -0.2) is 0 Å². The van der Waals surface area contributed by atoms with Crippen LogP contribution in [0.3, 0.4) is 0 Å². The second-order valence-electron chi connectivity index (χ2n) is 6.31. The zero-order valence-corrected chi connectivity index (χ0v) is 15.0. The molecule has 0 saturated heterocycles. The van der Waals surface area contributed by atoms with Gasteiger partial charge in [-0.1, -0.05) is 43.4 Å². The number of hydrogen-bond donors (Lipinski definition) is 3. The van der Waals surface area contributed by atoms with E-state index in [0.717, 1.165) is 24.1 Å². The van der Waals surface area contributed by atoms with Crippen molar-refractivity contribution in [3.05, 3.63) is 28.8 Å². The Labute approximate surface area is 149 Å². The van der Waals surface area contributed by atoms with Crippen LogP contribution in [0.25, 0.3) is 0 Å². The lowest BCUT2D eigenvalue weighted by molar-refractivity contribution is -0.116. The van der Waals surface area contributed by atoms with E-state index < -0.39 is 0 Å². The van der Waals surface area contributed by atoms with E-state index in [1.165, 1.54) is 25.7 Å². The van der Waals surface area contributed by atoms with E-state index in [-0.39, 0.29) is 5.91 Å². The van der Waals surface area contributed by atoms with Crippen LogP contribution in [0.15, 0.2) is 23.2 Å². The summed E-state index contributed by atoms with van der Waals surface area (Å²) in [6, 6.07) is 5.87. The van der Waals surface area contributed by atoms with Crippen molar-refractivity contribution in [2.45, 2.75) is 57.9 Å². The fraction of sp³-hybridized carbons (Fsp3) is 0.556. The van der Waals surface area contributed by atoms with Gasteiger partial charge in [0.05, 0.1) is 6.54 Å². The van der Waals surface area contributed by atoms with Gasteiger partial charge in [0.1, 0.15) is 0 Å². The Morgan fingerprint density at radius 3 is 2.71 bits per heavy atom. The molecule has 0 aliphatic heterocycles. The molecular formula is C18H27ClN4O. The summed E-state index contributed by atoms with van der Waals surface area (Å²) < 4.78 is 0. The molecule has 24 heavy (non-hydrogen) atoms. The summed E-state index contributed by atoms with van der Waals surface area (Å²) in [5.41, 5.74) is 7.53. The molecule has 0 aromatic heterocycles. The van der Waals surface area contributed by atoms with Crippen molar-refractivity contribution in [3.63, 3.8) is 0 Å². The molecule has 1 aliphatic rings. The van der Waals surface area contributed by atoms with Crippen molar-refractivity contribution >= 4 is 29.2 Å². The van der Waals surface area contributed by atoms with Crippen LogP contribution in [0.4, 0.5) is 5.69 Å². The van der Waals surface area contributed by atoms with E-state index >= 15 is 0 Å². The molecule has 4 N–H and O–H groups in total. The fourth-order valence-corrected chi connectivity index (χ4v) is 3.09. The standard InChI is InChI=1S/C18H27ClN4O/c1-13-15(19)9-6-10-16(13)23-17(24)11-12-21-18(20)22-14-7-4-2-3-5-8-14/h6,9-10,14H,2-5,7-8,11-12H2,1H3,(H,23,24)(H3,20,21,22). The maximum atomic E-state index is 12.0. The zero-order valence-electron chi connectivity index (χ0n) is 14.3. The van der Waals surface area contributed by atoms with Crippen LogP contribution in [0.1, 0.15) is 50.5 Å². The molecular weight excluding hydrogens is 324 g/mol. The first-order valence-electron chi connectivity index (χ1n) is 8.67. The summed E-state index contributed by atoms with van der Waals surface area (Å²) in [5, 5.41) is 6.78. The molecule has 0 atom stereocenters. The highest BCUT2D eigenvalue weighted by molar-refractivity contribution is 6.31. The molecule has 1 aromatic carbocycles. The highest BCUT2D eigenvalue weighted by Crippen LogP contribution is 2.23. The van der Waals surface area contributed by atoms with Gasteiger partial charge < -0.3 is 16.4 Å². The van der Waals surface area contributed by atoms with Crippen LogP contribution < -0.4 is 16.4 Å². The van der Waals surface area contributed by atoms with Crippen LogP contribution >= 0.6 is 11.6 Å². The summed E-state index contributed by atoms with van der Waals surface area (Å²) >= 11 is 6.05. The average molecular weight is 351 g/mol. The quantitative estimate of drug-likeness (QED) is 0.431. The van der Waals surface area contributed by atoms with E-state index in [0.29, 0.717) is 30.0 Å². The number of hydrogen-bond acceptors (Lipinski definition) is 2. The SMILES string of the molecule is Cc1c(Cl)cccc1NC(=O)CCN=C(N)NC1CCCCCC1. The molecule has 1 fully saturated rings. The van der Waals surface area contributed by atoms with Gasteiger partial charge in [-0.05, 0) is 37.5 Å². The van der Waals surface area contributed by atoms with Crippen LogP contribution in [-0.4, -0.2) is 24.5 Å². The molecule has 132 valence electrons. The normalized spacial score (nSPS) is 16.5. The molecule has 1 aliphatic carbocycles. The summed E-state index contributed by atoms with van der Waals surface area (Å²) in [7, 11) is 0. The van der Waals surface area contributed by atoms with Crippen molar-refractivity contribution < 1.29 is 4.79 Å². The Kier molecular flexibility index (Phi) is 7.37. The highest BCUT2D eigenvalue weighted by Gasteiger charge is 2.12. The molecule has 1 amide bonds. The smallest absolute Gasteiger partial charge is 0.226 e. The van der Waals surface area contributed by atoms with Crippen LogP contribution in [0.2, 0.25) is 5.02 Å². The minimum atomic E-state index is -0.0913. The molecule has 0 spiro atoms. The van der Waals surface area contributed by atoms with E-state index in [2.05, 4.69) is 15.6 Å². The topological polar surface area (TPSA) is 79.5 Å². The number of anilines is 1. The summed E-state index contributed by atoms with van der Waals surface area (Å²) in [6.07, 6.45) is 7.67. The lowest BCUT2D eigenvalue weighted by Crippen LogP contribution is -2.40. The number of amides is 1. The van der Waals surface area contributed by atoms with Crippen molar-refractivity contribution in [2.75, 3.05) is 11.9 Å². The van der Waals surface area contributed by atoms with Crippen molar-refractivity contribution in [3.8, 4) is 0 Å². The molecule has 1 aromatic rings. The van der Waals surface area contributed by atoms with Gasteiger partial charge in [-0.2, -0.15) is 0 Å². The molecule has 1 saturated carbocycles. The zero-order chi connectivity index (χ0) is 17.4. The molecule has 6 heteroatoms. The predicted octanol–water partition coefficient (Wildman–Crippen LogP) is 3.60. The Hall–Kier alpha value is -1.75. The monoisotopic (exact) mass is 350 g/mol. The first-order valence-corrected chi connectivity index (χ1v) is 9.05. The third-order valence-corrected chi connectivity index (χ3v) is 4.78. The second-order valence-corrected chi connectivity index (χ2v) is 6.72. The fourth-order valence-electron chi connectivity index (χ4n) is 2.91. The van der Waals surface area contributed by atoms with Gasteiger partial charge in [-0.3, -0.25) is 9.79 Å². The maximum absolute atomic E-state index is 12.0. The van der Waals surface area contributed by atoms with Crippen LogP contribution in [-0.2, 0) is 4.79 Å². The lowest BCUT2D eigenvalue weighted by atomic mass is 10.1. The van der Waals surface area contributed by atoms with Gasteiger partial charge in [-0.15, -0.1) is 0 Å². The summed E-state index contributed by atoms with van der Waals surface area (Å²) in [4.78, 5) is 16.3. The van der Waals surface area contributed by atoms with Gasteiger partial charge in [0.2, 0.25) is 5.91 Å². The molecule has 5 nitrogen and oxygen atoms in total. The number of guanidine groups is 1. The van der Waals surface area contributed by atoms with E-state index in [1.54, 1.807) is 6.07 Å². The predicted molar refractivity (Wildman–Crippen MR) is 101 cm³/mol. The number of aliphatic imine (C=N–C) groups is 1. The second kappa shape index (κ2) is 9.52. The number of nitrogens with zero attached hydrogens (tertiary/aromatic N) is 1. The maximum Gasteiger partial charge on any atom is 0.226 e. The first-order chi connectivity index (χ1) is 11.6. The summed E-state index contributed by atoms with van der Waals surface area (Å²) in [5.74, 6) is 0.347. The first kappa shape index (κ1) is 18.6. The molecule has 0 radical (unpaired) electrons. The molecule has 2 rings (SSSR count). The Morgan fingerprint density at radius 1 is 1.29 bits per heavy atom. The lowest BCUT2D eigenvalue weighted by Gasteiger charge is -2.16. The number of benzene rings is 1. The van der Waals surface area contributed by atoms with E-state index in [9.17, 15) is 4.79 Å². The van der Waals surface area contributed by atoms with Gasteiger partial charge in [0.25, 0.3) is 0 Å². The number of carbonyl (C=O) groups excluding carboxylic acids is 1. The third-order valence-electron chi connectivity index (χ3n) is 4.37. The number of halogens is 1. The third kappa shape index (κ3) is 6.04. The van der Waals surface area contributed by atoms with E-state index in [1.807, 2.05) is 19.1 Å². The number of nitrogens with one attached hydrogen (secondary N) is 2. The largest absolute Gasteiger partial charge is 0.370 e. The minimum Gasteiger partial charge on any atom is -0.370 e. The van der Waals surface area contributed by atoms with Gasteiger partial charge in [0.15, 0.2) is 5.96 Å². The Morgan fingerprint density at radius 2 is 2.00 bits per heavy atom. The average Bonchev–Trinajstić information content (AvgIpc) is 2.80. The highest BCUT2D eigenvalue weighted by atomic mass is 35.5. The number of nitrogens with two attached hydrogens (primary N) is 1. The molecule has 0 bridgehead atoms. The Balaban J connectivity index is 1.75. The minimum absolute atomic E-state index is 0.0913. The Bertz CT molecular complexity index is 580. The molecule has 0 heterocycles. The van der Waals surface area contributed by atoms with Crippen molar-refractivity contribution in [2.24, 2.45) is 10.7 Å². The van der Waals surface area contributed by atoms with E-state index in [4.69, 9.17) is 17.3 Å². The van der Waals surface area contributed by atoms with Gasteiger partial charge >= 0.3 is 0 Å². The van der Waals surface area contributed by atoms with Gasteiger partial charge in [0, 0.05) is 23.2 Å². The number of rotatable bonds is 5. The van der Waals surface area contributed by atoms with Crippen molar-refractivity contribution in [1.29, 1.82) is 0 Å². The molecule has 0 unspecified atom stereocenters. The van der Waals surface area contributed by atoms with Crippen molar-refractivity contribution in [1.82, 2.24) is 5.32 Å². The summed E-state index contributed by atoms with van der Waals surface area (Å²) in [6.45, 7) is 2.25. The van der Waals surface area contributed by atoms with Crippen LogP contribution in [0.5, 0.6) is 0 Å². The number of carbonyl (C=O) groups is 1. The van der Waals surface area contributed by atoms with Crippen LogP contribution in [0, 0.1) is 6.92 Å².